The smallest absolute Gasteiger partial charge is 0.242 e. The Morgan fingerprint density at radius 3 is 2.35 bits per heavy atom. The normalized spacial score (nSPS) is 18.1. The lowest BCUT2D eigenvalue weighted by Crippen LogP contribution is -2.56. The van der Waals surface area contributed by atoms with E-state index in [1.165, 1.54) is 0 Å². The van der Waals surface area contributed by atoms with Gasteiger partial charge in [0.05, 0.1) is 5.54 Å². The third-order valence-electron chi connectivity index (χ3n) is 4.48. The molecule has 0 aromatic carbocycles. The van der Waals surface area contributed by atoms with Crippen LogP contribution < -0.4 is 5.32 Å². The van der Waals surface area contributed by atoms with Gasteiger partial charge in [-0.05, 0) is 60.0 Å². The van der Waals surface area contributed by atoms with E-state index in [9.17, 15) is 4.79 Å². The number of hydrogen-bond donors (Lipinski definition) is 1. The highest BCUT2D eigenvalue weighted by Gasteiger charge is 2.33. The van der Waals surface area contributed by atoms with Gasteiger partial charge in [0.25, 0.3) is 0 Å². The molecule has 1 fully saturated rings. The van der Waals surface area contributed by atoms with Gasteiger partial charge < -0.3 is 15.1 Å². The largest absolute Gasteiger partial charge is 0.341 e. The van der Waals surface area contributed by atoms with E-state index in [2.05, 4.69) is 31.1 Å². The molecule has 4 heteroatoms. The molecule has 0 radical (unpaired) electrons. The lowest BCUT2D eigenvalue weighted by atomic mass is 9.94. The van der Waals surface area contributed by atoms with Crippen molar-refractivity contribution in [3.63, 3.8) is 0 Å². The maximum absolute atomic E-state index is 12.5. The topological polar surface area (TPSA) is 35.6 Å². The maximum Gasteiger partial charge on any atom is 0.242 e. The van der Waals surface area contributed by atoms with Crippen molar-refractivity contribution in [1.29, 1.82) is 0 Å². The number of nitrogens with one attached hydrogen (secondary N) is 1. The van der Waals surface area contributed by atoms with E-state index in [1.807, 2.05) is 25.7 Å². The Balaban J connectivity index is 2.44. The second-order valence-corrected chi connectivity index (χ2v) is 6.92. The summed E-state index contributed by atoms with van der Waals surface area (Å²) in [7, 11) is 2.19. The molecule has 1 amide bonds. The third kappa shape index (κ3) is 4.74. The molecule has 0 bridgehead atoms. The van der Waals surface area contributed by atoms with Crippen molar-refractivity contribution >= 4 is 5.91 Å². The minimum Gasteiger partial charge on any atom is -0.341 e. The molecule has 0 atom stereocenters. The highest BCUT2D eigenvalue weighted by atomic mass is 16.2. The summed E-state index contributed by atoms with van der Waals surface area (Å²) in [4.78, 5) is 16.9. The fraction of sp³-hybridized carbons (Fsp3) is 0.938. The SMILES string of the molecule is CCNC(C)(C)C(=O)N1CCC(CN(C)C(C)C)CC1. The van der Waals surface area contributed by atoms with Crippen molar-refractivity contribution in [3.05, 3.63) is 0 Å². The summed E-state index contributed by atoms with van der Waals surface area (Å²) in [6.07, 6.45) is 2.26. The third-order valence-corrected chi connectivity index (χ3v) is 4.48. The zero-order valence-corrected chi connectivity index (χ0v) is 14.2. The molecule has 1 heterocycles. The summed E-state index contributed by atoms with van der Waals surface area (Å²) in [6.45, 7) is 14.3. The Morgan fingerprint density at radius 2 is 1.90 bits per heavy atom. The van der Waals surface area contributed by atoms with Crippen LogP contribution in [0.2, 0.25) is 0 Å². The van der Waals surface area contributed by atoms with Gasteiger partial charge >= 0.3 is 0 Å². The van der Waals surface area contributed by atoms with Crippen LogP contribution in [0.4, 0.5) is 0 Å². The lowest BCUT2D eigenvalue weighted by Gasteiger charge is -2.38. The second-order valence-electron chi connectivity index (χ2n) is 6.92. The second kappa shape index (κ2) is 7.41. The van der Waals surface area contributed by atoms with Gasteiger partial charge in [0.2, 0.25) is 5.91 Å². The van der Waals surface area contributed by atoms with Crippen LogP contribution in [0.1, 0.15) is 47.5 Å². The van der Waals surface area contributed by atoms with E-state index in [0.29, 0.717) is 6.04 Å². The quantitative estimate of drug-likeness (QED) is 0.809. The first-order chi connectivity index (χ1) is 9.27. The molecule has 1 saturated heterocycles. The Morgan fingerprint density at radius 1 is 1.35 bits per heavy atom. The molecular formula is C16H33N3O. The zero-order chi connectivity index (χ0) is 15.3. The average Bonchev–Trinajstić information content (AvgIpc) is 2.38. The number of carbonyl (C=O) groups excluding carboxylic acids is 1. The molecule has 1 aliphatic heterocycles. The molecule has 1 N–H and O–H groups in total. The molecule has 1 rings (SSSR count). The molecule has 1 aliphatic rings. The van der Waals surface area contributed by atoms with Crippen molar-refractivity contribution in [2.75, 3.05) is 33.2 Å². The number of carbonyl (C=O) groups is 1. The molecule has 0 unspecified atom stereocenters. The van der Waals surface area contributed by atoms with Gasteiger partial charge in [0, 0.05) is 25.7 Å². The molecule has 0 aromatic rings. The van der Waals surface area contributed by atoms with Crippen molar-refractivity contribution < 1.29 is 4.79 Å². The first-order valence-electron chi connectivity index (χ1n) is 8.02. The number of rotatable bonds is 6. The summed E-state index contributed by atoms with van der Waals surface area (Å²) in [5, 5.41) is 3.28. The molecule has 4 nitrogen and oxygen atoms in total. The summed E-state index contributed by atoms with van der Waals surface area (Å²) in [5.41, 5.74) is -0.434. The first-order valence-corrected chi connectivity index (χ1v) is 8.02. The van der Waals surface area contributed by atoms with Gasteiger partial charge in [0.1, 0.15) is 0 Å². The molecule has 0 aromatic heterocycles. The molecule has 20 heavy (non-hydrogen) atoms. The number of nitrogens with zero attached hydrogens (tertiary/aromatic N) is 2. The van der Waals surface area contributed by atoms with E-state index in [4.69, 9.17) is 0 Å². The van der Waals surface area contributed by atoms with Crippen LogP contribution >= 0.6 is 0 Å². The summed E-state index contributed by atoms with van der Waals surface area (Å²) >= 11 is 0. The van der Waals surface area contributed by atoms with E-state index < -0.39 is 5.54 Å². The first kappa shape index (κ1) is 17.4. The number of piperidine rings is 1. The number of likely N-dealkylation sites (tertiary alicyclic amines) is 1. The van der Waals surface area contributed by atoms with Gasteiger partial charge in [-0.25, -0.2) is 0 Å². The Bertz CT molecular complexity index is 307. The van der Waals surface area contributed by atoms with Crippen LogP contribution in [0.15, 0.2) is 0 Å². The van der Waals surface area contributed by atoms with E-state index in [1.54, 1.807) is 0 Å². The van der Waals surface area contributed by atoms with Crippen molar-refractivity contribution in [1.82, 2.24) is 15.1 Å². The molecule has 118 valence electrons. The molecule has 0 spiro atoms. The van der Waals surface area contributed by atoms with Crippen molar-refractivity contribution in [2.45, 2.75) is 59.0 Å². The predicted octanol–water partition coefficient (Wildman–Crippen LogP) is 1.95. The molecule has 0 aliphatic carbocycles. The summed E-state index contributed by atoms with van der Waals surface area (Å²) in [5.74, 6) is 0.976. The summed E-state index contributed by atoms with van der Waals surface area (Å²) in [6, 6.07) is 0.599. The van der Waals surface area contributed by atoms with Crippen LogP contribution in [-0.2, 0) is 4.79 Å². The highest BCUT2D eigenvalue weighted by molar-refractivity contribution is 5.85. The predicted molar refractivity (Wildman–Crippen MR) is 84.8 cm³/mol. The van der Waals surface area contributed by atoms with E-state index in [0.717, 1.165) is 44.9 Å². The van der Waals surface area contributed by atoms with Crippen molar-refractivity contribution in [2.24, 2.45) is 5.92 Å². The fourth-order valence-corrected chi connectivity index (χ4v) is 2.85. The van der Waals surface area contributed by atoms with E-state index in [-0.39, 0.29) is 5.91 Å². The molecule has 0 saturated carbocycles. The number of likely N-dealkylation sites (N-methyl/N-ethyl adjacent to an activating group) is 1. The van der Waals surface area contributed by atoms with Gasteiger partial charge in [-0.1, -0.05) is 6.92 Å². The standard InChI is InChI=1S/C16H33N3O/c1-7-17-16(4,5)15(20)19-10-8-14(9-11-19)12-18(6)13(2)3/h13-14,17H,7-12H2,1-6H3. The van der Waals surface area contributed by atoms with Crippen LogP contribution in [0.5, 0.6) is 0 Å². The fourth-order valence-electron chi connectivity index (χ4n) is 2.85. The van der Waals surface area contributed by atoms with E-state index >= 15 is 0 Å². The lowest BCUT2D eigenvalue weighted by molar-refractivity contribution is -0.138. The highest BCUT2D eigenvalue weighted by Crippen LogP contribution is 2.21. The molecular weight excluding hydrogens is 250 g/mol. The van der Waals surface area contributed by atoms with Crippen LogP contribution in [0.25, 0.3) is 0 Å². The average molecular weight is 283 g/mol. The van der Waals surface area contributed by atoms with Gasteiger partial charge in [-0.2, -0.15) is 0 Å². The Labute approximate surface area is 124 Å². The Hall–Kier alpha value is -0.610. The minimum absolute atomic E-state index is 0.245. The van der Waals surface area contributed by atoms with Gasteiger partial charge in [-0.3, -0.25) is 4.79 Å². The van der Waals surface area contributed by atoms with Gasteiger partial charge in [-0.15, -0.1) is 0 Å². The van der Waals surface area contributed by atoms with Crippen LogP contribution in [0.3, 0.4) is 0 Å². The monoisotopic (exact) mass is 283 g/mol. The van der Waals surface area contributed by atoms with Crippen molar-refractivity contribution in [3.8, 4) is 0 Å². The number of amides is 1. The maximum atomic E-state index is 12.5. The summed E-state index contributed by atoms with van der Waals surface area (Å²) < 4.78 is 0. The van der Waals surface area contributed by atoms with Gasteiger partial charge in [0.15, 0.2) is 0 Å². The minimum atomic E-state index is -0.434. The van der Waals surface area contributed by atoms with Crippen LogP contribution in [-0.4, -0.2) is 60.5 Å². The number of hydrogen-bond acceptors (Lipinski definition) is 3. The zero-order valence-electron chi connectivity index (χ0n) is 14.2. The van der Waals surface area contributed by atoms with Crippen LogP contribution in [0, 0.1) is 5.92 Å². The Kier molecular flexibility index (Phi) is 6.46.